The first kappa shape index (κ1) is 13.9. The molecule has 0 aliphatic rings. The molecule has 0 bridgehead atoms. The number of aromatic nitrogens is 1. The molecular weight excluding hydrogens is 260 g/mol. The van der Waals surface area contributed by atoms with Gasteiger partial charge >= 0.3 is 0 Å². The molecule has 108 valence electrons. The van der Waals surface area contributed by atoms with Crippen LogP contribution >= 0.6 is 0 Å². The fraction of sp³-hybridized carbons (Fsp3) is 0.222. The number of benzene rings is 2. The Hall–Kier alpha value is -2.10. The van der Waals surface area contributed by atoms with E-state index in [0.29, 0.717) is 13.1 Å². The first-order chi connectivity index (χ1) is 10.3. The monoisotopic (exact) mass is 280 g/mol. The van der Waals surface area contributed by atoms with Gasteiger partial charge in [-0.05, 0) is 24.7 Å². The second-order valence-corrected chi connectivity index (χ2v) is 5.28. The van der Waals surface area contributed by atoms with Crippen LogP contribution in [-0.4, -0.2) is 29.4 Å². The van der Waals surface area contributed by atoms with Gasteiger partial charge in [0.15, 0.2) is 0 Å². The van der Waals surface area contributed by atoms with Gasteiger partial charge in [0.05, 0.1) is 12.6 Å². The average molecular weight is 280 g/mol. The summed E-state index contributed by atoms with van der Waals surface area (Å²) in [6.07, 6.45) is -0.409. The van der Waals surface area contributed by atoms with E-state index in [9.17, 15) is 5.11 Å². The lowest BCUT2D eigenvalue weighted by Gasteiger charge is -2.15. The normalized spacial score (nSPS) is 12.7. The van der Waals surface area contributed by atoms with Crippen molar-refractivity contribution in [3.8, 4) is 11.3 Å². The highest BCUT2D eigenvalue weighted by Crippen LogP contribution is 2.28. The van der Waals surface area contributed by atoms with Crippen molar-refractivity contribution < 1.29 is 5.11 Å². The molecule has 1 unspecified atom stereocenters. The number of para-hydroxylation sites is 1. The van der Waals surface area contributed by atoms with E-state index in [4.69, 9.17) is 0 Å². The molecule has 0 spiro atoms. The van der Waals surface area contributed by atoms with Crippen molar-refractivity contribution in [3.63, 3.8) is 0 Å². The topological polar surface area (TPSA) is 37.2 Å². The molecule has 3 nitrogen and oxygen atoms in total. The second-order valence-electron chi connectivity index (χ2n) is 5.28. The minimum absolute atomic E-state index is 0.409. The maximum Gasteiger partial charge on any atom is 0.0843 e. The molecule has 0 aliphatic carbocycles. The summed E-state index contributed by atoms with van der Waals surface area (Å²) in [4.78, 5) is 0. The molecule has 2 N–H and O–H groups in total. The lowest BCUT2D eigenvalue weighted by Crippen LogP contribution is -2.28. The number of nitrogens with zero attached hydrogens (tertiary/aromatic N) is 1. The van der Waals surface area contributed by atoms with E-state index >= 15 is 0 Å². The van der Waals surface area contributed by atoms with Crippen molar-refractivity contribution in [2.75, 3.05) is 13.6 Å². The zero-order valence-corrected chi connectivity index (χ0v) is 12.2. The van der Waals surface area contributed by atoms with Crippen LogP contribution in [0.4, 0.5) is 0 Å². The van der Waals surface area contributed by atoms with E-state index in [1.807, 2.05) is 37.4 Å². The van der Waals surface area contributed by atoms with Gasteiger partial charge in [-0.3, -0.25) is 0 Å². The first-order valence-electron chi connectivity index (χ1n) is 7.26. The number of likely N-dealkylation sites (N-methyl/N-ethyl adjacent to an activating group) is 1. The van der Waals surface area contributed by atoms with Crippen molar-refractivity contribution in [1.29, 1.82) is 0 Å². The number of nitrogens with one attached hydrogen (secondary N) is 1. The van der Waals surface area contributed by atoms with Crippen LogP contribution in [0, 0.1) is 0 Å². The summed E-state index contributed by atoms with van der Waals surface area (Å²) in [5.74, 6) is 0. The predicted molar refractivity (Wildman–Crippen MR) is 87.3 cm³/mol. The zero-order chi connectivity index (χ0) is 14.7. The quantitative estimate of drug-likeness (QED) is 0.754. The van der Waals surface area contributed by atoms with Crippen molar-refractivity contribution in [3.05, 3.63) is 60.7 Å². The SMILES string of the molecule is CNCC(O)Cn1c(-c2ccccc2)cc2ccccc21. The Balaban J connectivity index is 2.10. The van der Waals surface area contributed by atoms with Gasteiger partial charge in [-0.1, -0.05) is 48.5 Å². The van der Waals surface area contributed by atoms with Crippen LogP contribution in [0.3, 0.4) is 0 Å². The smallest absolute Gasteiger partial charge is 0.0843 e. The summed E-state index contributed by atoms with van der Waals surface area (Å²) in [6, 6.07) is 20.8. The van der Waals surface area contributed by atoms with Gasteiger partial charge in [-0.2, -0.15) is 0 Å². The summed E-state index contributed by atoms with van der Waals surface area (Å²) in [5.41, 5.74) is 3.48. The lowest BCUT2D eigenvalue weighted by atomic mass is 10.1. The maximum absolute atomic E-state index is 10.2. The van der Waals surface area contributed by atoms with Crippen LogP contribution in [0.25, 0.3) is 22.2 Å². The number of hydrogen-bond acceptors (Lipinski definition) is 2. The Bertz CT molecular complexity index is 718. The zero-order valence-electron chi connectivity index (χ0n) is 12.2. The molecular formula is C18H20N2O. The number of aliphatic hydroxyl groups is 1. The predicted octanol–water partition coefficient (Wildman–Crippen LogP) is 2.89. The van der Waals surface area contributed by atoms with Gasteiger partial charge in [0.1, 0.15) is 0 Å². The van der Waals surface area contributed by atoms with Crippen LogP contribution in [-0.2, 0) is 6.54 Å². The Morgan fingerprint density at radius 2 is 1.76 bits per heavy atom. The third kappa shape index (κ3) is 2.84. The van der Waals surface area contributed by atoms with E-state index in [-0.39, 0.29) is 0 Å². The van der Waals surface area contributed by atoms with E-state index in [2.05, 4.69) is 40.2 Å². The number of rotatable bonds is 5. The number of aliphatic hydroxyl groups excluding tert-OH is 1. The largest absolute Gasteiger partial charge is 0.390 e. The first-order valence-corrected chi connectivity index (χ1v) is 7.26. The number of hydrogen-bond donors (Lipinski definition) is 2. The molecule has 0 radical (unpaired) electrons. The fourth-order valence-electron chi connectivity index (χ4n) is 2.77. The molecule has 2 aromatic carbocycles. The second kappa shape index (κ2) is 6.12. The molecule has 21 heavy (non-hydrogen) atoms. The summed E-state index contributed by atoms with van der Waals surface area (Å²) in [5, 5.41) is 14.4. The summed E-state index contributed by atoms with van der Waals surface area (Å²) in [7, 11) is 1.86. The molecule has 3 heteroatoms. The van der Waals surface area contributed by atoms with E-state index in [1.165, 1.54) is 10.9 Å². The van der Waals surface area contributed by atoms with Gasteiger partial charge in [0.2, 0.25) is 0 Å². The minimum atomic E-state index is -0.409. The fourth-order valence-corrected chi connectivity index (χ4v) is 2.77. The molecule has 3 aromatic rings. The minimum Gasteiger partial charge on any atom is -0.390 e. The number of fused-ring (bicyclic) bond motifs is 1. The van der Waals surface area contributed by atoms with E-state index < -0.39 is 6.10 Å². The van der Waals surface area contributed by atoms with Crippen LogP contribution in [0.2, 0.25) is 0 Å². The van der Waals surface area contributed by atoms with Crippen LogP contribution < -0.4 is 5.32 Å². The van der Waals surface area contributed by atoms with Crippen LogP contribution in [0.15, 0.2) is 60.7 Å². The highest BCUT2D eigenvalue weighted by atomic mass is 16.3. The van der Waals surface area contributed by atoms with E-state index in [0.717, 1.165) is 11.2 Å². The molecule has 1 aromatic heterocycles. The summed E-state index contributed by atoms with van der Waals surface area (Å²) < 4.78 is 2.20. The van der Waals surface area contributed by atoms with Crippen molar-refractivity contribution in [1.82, 2.24) is 9.88 Å². The molecule has 1 heterocycles. The van der Waals surface area contributed by atoms with Crippen LogP contribution in [0.1, 0.15) is 0 Å². The van der Waals surface area contributed by atoms with Crippen molar-refractivity contribution in [2.45, 2.75) is 12.6 Å². The summed E-state index contributed by atoms with van der Waals surface area (Å²) in [6.45, 7) is 1.17. The highest BCUT2D eigenvalue weighted by molar-refractivity contribution is 5.87. The van der Waals surface area contributed by atoms with Gasteiger partial charge in [-0.25, -0.2) is 0 Å². The molecule has 0 saturated heterocycles. The average Bonchev–Trinajstić information content (AvgIpc) is 2.87. The van der Waals surface area contributed by atoms with E-state index in [1.54, 1.807) is 0 Å². The van der Waals surface area contributed by atoms with Crippen molar-refractivity contribution in [2.24, 2.45) is 0 Å². The van der Waals surface area contributed by atoms with Gasteiger partial charge in [0.25, 0.3) is 0 Å². The third-order valence-corrected chi connectivity index (χ3v) is 3.71. The standard InChI is InChI=1S/C18H20N2O/c1-19-12-16(21)13-20-17-10-6-5-9-15(17)11-18(20)14-7-3-2-4-8-14/h2-11,16,19,21H,12-13H2,1H3. The third-order valence-electron chi connectivity index (χ3n) is 3.71. The molecule has 0 fully saturated rings. The summed E-state index contributed by atoms with van der Waals surface area (Å²) >= 11 is 0. The van der Waals surface area contributed by atoms with Gasteiger partial charge in [0, 0.05) is 23.1 Å². The molecule has 3 rings (SSSR count). The van der Waals surface area contributed by atoms with Gasteiger partial charge in [-0.15, -0.1) is 0 Å². The Morgan fingerprint density at radius 3 is 2.52 bits per heavy atom. The molecule has 0 amide bonds. The Kier molecular flexibility index (Phi) is 4.04. The molecule has 0 saturated carbocycles. The Morgan fingerprint density at radius 1 is 1.05 bits per heavy atom. The van der Waals surface area contributed by atoms with Crippen molar-refractivity contribution >= 4 is 10.9 Å². The van der Waals surface area contributed by atoms with Gasteiger partial charge < -0.3 is 15.0 Å². The maximum atomic E-state index is 10.2. The lowest BCUT2D eigenvalue weighted by molar-refractivity contribution is 0.156. The molecule has 1 atom stereocenters. The van der Waals surface area contributed by atoms with Crippen LogP contribution in [0.5, 0.6) is 0 Å². The highest BCUT2D eigenvalue weighted by Gasteiger charge is 2.13. The Labute approximate surface area is 124 Å². The molecule has 0 aliphatic heterocycles.